The van der Waals surface area contributed by atoms with Crippen LogP contribution in [0.3, 0.4) is 0 Å². The lowest BCUT2D eigenvalue weighted by Crippen LogP contribution is -2.37. The Hall–Kier alpha value is -0.740. The number of hydrogen-bond donors (Lipinski definition) is 2. The van der Waals surface area contributed by atoms with Crippen LogP contribution in [0.5, 0.6) is 11.5 Å². The van der Waals surface area contributed by atoms with E-state index in [0.717, 1.165) is 66.0 Å². The van der Waals surface area contributed by atoms with Crippen molar-refractivity contribution in [1.82, 2.24) is 0 Å². The summed E-state index contributed by atoms with van der Waals surface area (Å²) in [7, 11) is 0. The molecular formula is C33H62BrNO2. The van der Waals surface area contributed by atoms with Crippen LogP contribution in [0, 0.1) is 38.5 Å². The van der Waals surface area contributed by atoms with Crippen molar-refractivity contribution in [3.8, 4) is 11.5 Å². The van der Waals surface area contributed by atoms with Crippen LogP contribution < -0.4 is 10.5 Å². The fraction of sp³-hybridized carbons (Fsp3) is 0.818. The van der Waals surface area contributed by atoms with E-state index in [1.165, 1.54) is 69.8 Å². The molecule has 1 aromatic carbocycles. The van der Waals surface area contributed by atoms with Gasteiger partial charge < -0.3 is 15.6 Å². The normalized spacial score (nSPS) is 18.2. The summed E-state index contributed by atoms with van der Waals surface area (Å²) in [6.45, 7) is 20.9. The van der Waals surface area contributed by atoms with Crippen LogP contribution in [0.4, 0.5) is 0 Å². The van der Waals surface area contributed by atoms with E-state index in [2.05, 4.69) is 48.5 Å². The molecule has 1 aliphatic heterocycles. The van der Waals surface area contributed by atoms with E-state index in [0.29, 0.717) is 5.75 Å². The van der Waals surface area contributed by atoms with Gasteiger partial charge in [-0.05, 0) is 101 Å². The molecule has 0 aromatic heterocycles. The van der Waals surface area contributed by atoms with Gasteiger partial charge in [0.15, 0.2) is 0 Å². The zero-order valence-electron chi connectivity index (χ0n) is 26.0. The minimum atomic E-state index is -0.0712. The van der Waals surface area contributed by atoms with Gasteiger partial charge in [0.2, 0.25) is 0 Å². The first kappa shape index (κ1) is 36.3. The molecule has 0 bridgehead atoms. The number of halogens is 1. The Kier molecular flexibility index (Phi) is 18.2. The highest BCUT2D eigenvalue weighted by molar-refractivity contribution is 8.93. The van der Waals surface area contributed by atoms with E-state index in [-0.39, 0.29) is 22.6 Å². The van der Waals surface area contributed by atoms with Gasteiger partial charge in [-0.25, -0.2) is 0 Å². The standard InChI is InChI=1S/C29H50O2.C4H11N.BrH/c1-20(2)12-9-13-21(3)14-10-15-22(4)16-11-18-29(8)19-17-26-25(7)27(30)23(5)24(6)28(26)31-29;1-2-3-4-5;/h20-22,30H,9-19H2,1-8H3;2-5H2,1H3;1H/t21-,22-,29-;;/m1../s1. The monoisotopic (exact) mass is 583 g/mol. The molecule has 0 amide bonds. The number of phenols is 1. The van der Waals surface area contributed by atoms with Crippen LogP contribution in [0.1, 0.15) is 141 Å². The third-order valence-corrected chi connectivity index (χ3v) is 8.43. The zero-order chi connectivity index (χ0) is 27.3. The third-order valence-electron chi connectivity index (χ3n) is 8.43. The number of aromatic hydroxyl groups is 1. The van der Waals surface area contributed by atoms with E-state index < -0.39 is 0 Å². The van der Waals surface area contributed by atoms with Gasteiger partial charge in [-0.15, -0.1) is 17.0 Å². The molecule has 0 saturated carbocycles. The van der Waals surface area contributed by atoms with Gasteiger partial charge >= 0.3 is 0 Å². The predicted octanol–water partition coefficient (Wildman–Crippen LogP) is 10.2. The summed E-state index contributed by atoms with van der Waals surface area (Å²) < 4.78 is 6.60. The number of nitrogens with two attached hydrogens (primary N) is 1. The highest BCUT2D eigenvalue weighted by atomic mass is 79.9. The van der Waals surface area contributed by atoms with Crippen molar-refractivity contribution in [2.75, 3.05) is 6.54 Å². The Labute approximate surface area is 241 Å². The van der Waals surface area contributed by atoms with Crippen molar-refractivity contribution in [1.29, 1.82) is 0 Å². The molecule has 3 N–H and O–H groups in total. The average Bonchev–Trinajstić information content (AvgIpc) is 2.82. The van der Waals surface area contributed by atoms with Crippen molar-refractivity contribution >= 4 is 17.0 Å². The van der Waals surface area contributed by atoms with E-state index in [9.17, 15) is 5.11 Å². The second-order valence-corrected chi connectivity index (χ2v) is 12.6. The third kappa shape index (κ3) is 12.8. The van der Waals surface area contributed by atoms with Crippen molar-refractivity contribution in [3.05, 3.63) is 22.3 Å². The maximum Gasteiger partial charge on any atom is 0.127 e. The van der Waals surface area contributed by atoms with Crippen molar-refractivity contribution in [2.45, 2.75) is 151 Å². The van der Waals surface area contributed by atoms with Crippen LogP contribution in [0.25, 0.3) is 0 Å². The number of benzene rings is 1. The van der Waals surface area contributed by atoms with Crippen LogP contribution in [-0.2, 0) is 6.42 Å². The molecule has 1 aromatic rings. The summed E-state index contributed by atoms with van der Waals surface area (Å²) in [6.07, 6.45) is 16.4. The van der Waals surface area contributed by atoms with Gasteiger partial charge in [0.25, 0.3) is 0 Å². The number of ether oxygens (including phenoxy) is 1. The first-order chi connectivity index (χ1) is 17.0. The molecule has 2 rings (SSSR count). The fourth-order valence-electron chi connectivity index (χ4n) is 5.48. The molecule has 37 heavy (non-hydrogen) atoms. The lowest BCUT2D eigenvalue weighted by Gasteiger charge is -2.38. The van der Waals surface area contributed by atoms with Gasteiger partial charge in [0.1, 0.15) is 17.1 Å². The maximum absolute atomic E-state index is 10.4. The zero-order valence-corrected chi connectivity index (χ0v) is 27.7. The quantitative estimate of drug-likeness (QED) is 0.229. The minimum absolute atomic E-state index is 0. The van der Waals surface area contributed by atoms with Crippen LogP contribution in [0.15, 0.2) is 0 Å². The molecule has 0 spiro atoms. The molecule has 3 nitrogen and oxygen atoms in total. The molecule has 218 valence electrons. The fourth-order valence-corrected chi connectivity index (χ4v) is 5.48. The van der Waals surface area contributed by atoms with E-state index in [1.54, 1.807) is 0 Å². The van der Waals surface area contributed by atoms with Crippen molar-refractivity contribution < 1.29 is 9.84 Å². The Morgan fingerprint density at radius 3 is 1.86 bits per heavy atom. The maximum atomic E-state index is 10.4. The van der Waals surface area contributed by atoms with Gasteiger partial charge in [0.05, 0.1) is 0 Å². The summed E-state index contributed by atoms with van der Waals surface area (Å²) in [5.74, 6) is 4.04. The molecular weight excluding hydrogens is 522 g/mol. The second kappa shape index (κ2) is 18.5. The largest absolute Gasteiger partial charge is 0.507 e. The van der Waals surface area contributed by atoms with Crippen LogP contribution >= 0.6 is 17.0 Å². The Balaban J connectivity index is 0.00000196. The van der Waals surface area contributed by atoms with Crippen molar-refractivity contribution in [2.24, 2.45) is 23.5 Å². The van der Waals surface area contributed by atoms with Crippen LogP contribution in [0.2, 0.25) is 0 Å². The first-order valence-corrected chi connectivity index (χ1v) is 15.2. The first-order valence-electron chi connectivity index (χ1n) is 15.2. The van der Waals surface area contributed by atoms with Crippen molar-refractivity contribution in [3.63, 3.8) is 0 Å². The predicted molar refractivity (Wildman–Crippen MR) is 169 cm³/mol. The lowest BCUT2D eigenvalue weighted by atomic mass is 9.84. The van der Waals surface area contributed by atoms with Crippen LogP contribution in [-0.4, -0.2) is 17.3 Å². The van der Waals surface area contributed by atoms with E-state index in [1.807, 2.05) is 13.8 Å². The number of hydrogen-bond acceptors (Lipinski definition) is 3. The smallest absolute Gasteiger partial charge is 0.127 e. The Morgan fingerprint density at radius 2 is 1.38 bits per heavy atom. The lowest BCUT2D eigenvalue weighted by molar-refractivity contribution is 0.0512. The topological polar surface area (TPSA) is 55.5 Å². The van der Waals surface area contributed by atoms with Gasteiger partial charge in [-0.1, -0.05) is 86.0 Å². The highest BCUT2D eigenvalue weighted by Gasteiger charge is 2.34. The number of fused-ring (bicyclic) bond motifs is 1. The second-order valence-electron chi connectivity index (χ2n) is 12.6. The minimum Gasteiger partial charge on any atom is -0.507 e. The van der Waals surface area contributed by atoms with Gasteiger partial charge in [0, 0.05) is 5.56 Å². The molecule has 0 unspecified atom stereocenters. The van der Waals surface area contributed by atoms with E-state index >= 15 is 0 Å². The van der Waals surface area contributed by atoms with Gasteiger partial charge in [-0.2, -0.15) is 0 Å². The molecule has 0 radical (unpaired) electrons. The molecule has 0 saturated heterocycles. The summed E-state index contributed by atoms with van der Waals surface area (Å²) >= 11 is 0. The molecule has 3 atom stereocenters. The number of unbranched alkanes of at least 4 members (excludes halogenated alkanes) is 1. The summed E-state index contributed by atoms with van der Waals surface area (Å²) in [5.41, 5.74) is 9.37. The molecule has 1 heterocycles. The number of phenolic OH excluding ortho intramolecular Hbond substituents is 1. The Morgan fingerprint density at radius 1 is 0.838 bits per heavy atom. The highest BCUT2D eigenvalue weighted by Crippen LogP contribution is 2.44. The van der Waals surface area contributed by atoms with Gasteiger partial charge in [-0.3, -0.25) is 0 Å². The molecule has 4 heteroatoms. The van der Waals surface area contributed by atoms with E-state index in [4.69, 9.17) is 10.5 Å². The SMILES string of the molecule is Br.CCCCN.Cc1c(C)c2c(c(C)c1O)CC[C@@](C)(CCC[C@H](C)CCC[C@H](C)CCCC(C)C)O2. The average molecular weight is 585 g/mol. The summed E-state index contributed by atoms with van der Waals surface area (Å²) in [5, 5.41) is 10.4. The molecule has 1 aliphatic rings. The number of rotatable bonds is 14. The molecule has 0 aliphatic carbocycles. The summed E-state index contributed by atoms with van der Waals surface area (Å²) in [4.78, 5) is 0. The molecule has 0 fully saturated rings. The summed E-state index contributed by atoms with van der Waals surface area (Å²) in [6, 6.07) is 0. The Bertz CT molecular complexity index is 761.